The SMILES string of the molecule is CC(=O)c1sc2nc(CSc3nnnn3C[C@@H]3CCCO3)[nH]c(=O)c2c1C. The highest BCUT2D eigenvalue weighted by atomic mass is 32.2. The Balaban J connectivity index is 1.54. The van der Waals surface area contributed by atoms with E-state index >= 15 is 0 Å². The van der Waals surface area contributed by atoms with Crippen LogP contribution < -0.4 is 5.56 Å². The highest BCUT2D eigenvalue weighted by Gasteiger charge is 2.20. The molecule has 1 fully saturated rings. The van der Waals surface area contributed by atoms with Crippen molar-refractivity contribution in [1.29, 1.82) is 0 Å². The third-order valence-corrected chi connectivity index (χ3v) is 6.66. The smallest absolute Gasteiger partial charge is 0.259 e. The van der Waals surface area contributed by atoms with Gasteiger partial charge in [0.25, 0.3) is 5.56 Å². The van der Waals surface area contributed by atoms with Crippen molar-refractivity contribution in [2.75, 3.05) is 6.61 Å². The molecular weight excluding hydrogens is 388 g/mol. The van der Waals surface area contributed by atoms with Crippen molar-refractivity contribution in [3.8, 4) is 0 Å². The van der Waals surface area contributed by atoms with E-state index in [1.807, 2.05) is 0 Å². The number of nitrogens with one attached hydrogen (secondary N) is 1. The first kappa shape index (κ1) is 18.3. The molecule has 27 heavy (non-hydrogen) atoms. The second-order valence-electron chi connectivity index (χ2n) is 6.37. The van der Waals surface area contributed by atoms with E-state index in [1.54, 1.807) is 11.6 Å². The molecule has 11 heteroatoms. The third kappa shape index (κ3) is 3.66. The zero-order valence-corrected chi connectivity index (χ0v) is 16.5. The number of carbonyl (C=O) groups excluding carboxylic acids is 1. The lowest BCUT2D eigenvalue weighted by molar-refractivity contribution is 0.0911. The number of ether oxygens (including phenoxy) is 1. The number of Topliss-reactive ketones (excluding diaryl/α,β-unsaturated/α-hetero) is 1. The molecule has 0 amide bonds. The molecule has 142 valence electrons. The number of hydrogen-bond acceptors (Lipinski definition) is 9. The predicted molar refractivity (Wildman–Crippen MR) is 101 cm³/mol. The summed E-state index contributed by atoms with van der Waals surface area (Å²) in [6, 6.07) is 0. The number of nitrogens with zero attached hydrogens (tertiary/aromatic N) is 5. The van der Waals surface area contributed by atoms with Crippen molar-refractivity contribution in [2.45, 2.75) is 50.2 Å². The number of thiophene rings is 1. The number of H-pyrrole nitrogens is 1. The number of fused-ring (bicyclic) bond motifs is 1. The second kappa shape index (κ2) is 7.49. The molecule has 1 saturated heterocycles. The van der Waals surface area contributed by atoms with Crippen LogP contribution in [0, 0.1) is 6.92 Å². The van der Waals surface area contributed by atoms with Crippen molar-refractivity contribution in [3.05, 3.63) is 26.6 Å². The Morgan fingerprint density at radius 1 is 1.48 bits per heavy atom. The van der Waals surface area contributed by atoms with Gasteiger partial charge in [0.05, 0.1) is 28.7 Å². The van der Waals surface area contributed by atoms with Gasteiger partial charge in [-0.3, -0.25) is 9.59 Å². The van der Waals surface area contributed by atoms with Crippen molar-refractivity contribution in [3.63, 3.8) is 0 Å². The molecule has 0 aliphatic carbocycles. The number of rotatable bonds is 6. The van der Waals surface area contributed by atoms with E-state index in [1.165, 1.54) is 30.0 Å². The predicted octanol–water partition coefficient (Wildman–Crippen LogP) is 1.95. The Bertz CT molecular complexity index is 1050. The van der Waals surface area contributed by atoms with Crippen LogP contribution >= 0.6 is 23.1 Å². The van der Waals surface area contributed by atoms with Gasteiger partial charge in [0.1, 0.15) is 10.7 Å². The van der Waals surface area contributed by atoms with Gasteiger partial charge in [-0.05, 0) is 42.7 Å². The fraction of sp³-hybridized carbons (Fsp3) is 0.500. The van der Waals surface area contributed by atoms with Crippen LogP contribution in [0.1, 0.15) is 40.8 Å². The number of aryl methyl sites for hydroxylation is 1. The molecule has 3 aromatic heterocycles. The zero-order valence-electron chi connectivity index (χ0n) is 14.9. The lowest BCUT2D eigenvalue weighted by Gasteiger charge is -2.09. The van der Waals surface area contributed by atoms with Gasteiger partial charge in [-0.15, -0.1) is 16.4 Å². The van der Waals surface area contributed by atoms with E-state index in [0.29, 0.717) is 43.9 Å². The molecule has 3 aromatic rings. The molecule has 0 saturated carbocycles. The van der Waals surface area contributed by atoms with Gasteiger partial charge < -0.3 is 9.72 Å². The van der Waals surface area contributed by atoms with Gasteiger partial charge >= 0.3 is 0 Å². The Labute approximate surface area is 162 Å². The largest absolute Gasteiger partial charge is 0.376 e. The summed E-state index contributed by atoms with van der Waals surface area (Å²) in [7, 11) is 0. The van der Waals surface area contributed by atoms with Crippen LogP contribution in [0.3, 0.4) is 0 Å². The number of aromatic amines is 1. The van der Waals surface area contributed by atoms with E-state index < -0.39 is 0 Å². The molecular formula is C16H18N6O3S2. The van der Waals surface area contributed by atoms with Crippen LogP contribution in [0.15, 0.2) is 9.95 Å². The molecule has 0 aromatic carbocycles. The summed E-state index contributed by atoms with van der Waals surface area (Å²) in [4.78, 5) is 32.6. The minimum atomic E-state index is -0.226. The fourth-order valence-electron chi connectivity index (χ4n) is 3.12. The second-order valence-corrected chi connectivity index (χ2v) is 8.31. The summed E-state index contributed by atoms with van der Waals surface area (Å²) in [5, 5.41) is 12.9. The maximum Gasteiger partial charge on any atom is 0.259 e. The van der Waals surface area contributed by atoms with Crippen molar-refractivity contribution < 1.29 is 9.53 Å². The molecule has 1 atom stereocenters. The van der Waals surface area contributed by atoms with E-state index in [0.717, 1.165) is 19.4 Å². The number of tetrazole rings is 1. The van der Waals surface area contributed by atoms with Crippen molar-refractivity contribution in [1.82, 2.24) is 30.2 Å². The molecule has 4 heterocycles. The Kier molecular flexibility index (Phi) is 5.06. The summed E-state index contributed by atoms with van der Waals surface area (Å²) in [6.07, 6.45) is 2.20. The standard InChI is InChI=1S/C16H18N6O3S2/c1-8-12-14(24)17-11(18-15(12)27-13(8)9(2)23)7-26-16-19-20-21-22(16)6-10-4-3-5-25-10/h10H,3-7H2,1-2H3,(H,17,18,24)/t10-/m0/s1. The maximum atomic E-state index is 12.4. The third-order valence-electron chi connectivity index (χ3n) is 4.41. The molecule has 0 spiro atoms. The zero-order chi connectivity index (χ0) is 19.0. The van der Waals surface area contributed by atoms with E-state index in [2.05, 4.69) is 25.5 Å². The van der Waals surface area contributed by atoms with Crippen LogP contribution in [0.5, 0.6) is 0 Å². The first-order chi connectivity index (χ1) is 13.0. The van der Waals surface area contributed by atoms with Crippen LogP contribution in [0.4, 0.5) is 0 Å². The van der Waals surface area contributed by atoms with Crippen molar-refractivity contribution >= 4 is 39.1 Å². The number of hydrogen-bond donors (Lipinski definition) is 1. The van der Waals surface area contributed by atoms with Gasteiger partial charge in [0.2, 0.25) is 5.16 Å². The minimum absolute atomic E-state index is 0.0564. The van der Waals surface area contributed by atoms with Gasteiger partial charge in [-0.1, -0.05) is 11.8 Å². The average Bonchev–Trinajstić information content (AvgIpc) is 3.35. The van der Waals surface area contributed by atoms with E-state index in [4.69, 9.17) is 4.74 Å². The van der Waals surface area contributed by atoms with Crippen LogP contribution in [-0.2, 0) is 17.0 Å². The maximum absolute atomic E-state index is 12.4. The number of ketones is 1. The fourth-order valence-corrected chi connectivity index (χ4v) is 4.97. The lowest BCUT2D eigenvalue weighted by atomic mass is 10.2. The number of aromatic nitrogens is 6. The molecule has 1 N–H and O–H groups in total. The first-order valence-corrected chi connectivity index (χ1v) is 10.4. The van der Waals surface area contributed by atoms with Crippen LogP contribution in [-0.4, -0.2) is 48.7 Å². The van der Waals surface area contributed by atoms with E-state index in [-0.39, 0.29) is 17.4 Å². The number of thioether (sulfide) groups is 1. The Hall–Kier alpha value is -2.11. The van der Waals surface area contributed by atoms with Gasteiger partial charge in [0, 0.05) is 6.61 Å². The van der Waals surface area contributed by atoms with Gasteiger partial charge in [-0.2, -0.15) is 0 Å². The van der Waals surface area contributed by atoms with Crippen LogP contribution in [0.25, 0.3) is 10.2 Å². The van der Waals surface area contributed by atoms with Gasteiger partial charge in [0.15, 0.2) is 5.78 Å². The summed E-state index contributed by atoms with van der Waals surface area (Å²) in [5.74, 6) is 0.892. The Morgan fingerprint density at radius 3 is 3.07 bits per heavy atom. The molecule has 0 unspecified atom stereocenters. The van der Waals surface area contributed by atoms with E-state index in [9.17, 15) is 9.59 Å². The Morgan fingerprint density at radius 2 is 2.33 bits per heavy atom. The number of carbonyl (C=O) groups is 1. The molecule has 0 bridgehead atoms. The van der Waals surface area contributed by atoms with Crippen LogP contribution in [0.2, 0.25) is 0 Å². The molecule has 9 nitrogen and oxygen atoms in total. The van der Waals surface area contributed by atoms with Gasteiger partial charge in [-0.25, -0.2) is 9.67 Å². The summed E-state index contributed by atoms with van der Waals surface area (Å²) in [6.45, 7) is 4.67. The molecule has 4 rings (SSSR count). The summed E-state index contributed by atoms with van der Waals surface area (Å²) >= 11 is 2.66. The van der Waals surface area contributed by atoms with Crippen molar-refractivity contribution in [2.24, 2.45) is 0 Å². The highest BCUT2D eigenvalue weighted by Crippen LogP contribution is 2.28. The molecule has 1 aliphatic rings. The molecule has 1 aliphatic heterocycles. The monoisotopic (exact) mass is 406 g/mol. The normalized spacial score (nSPS) is 17.0. The average molecular weight is 406 g/mol. The molecule has 0 radical (unpaired) electrons. The quantitative estimate of drug-likeness (QED) is 0.488. The lowest BCUT2D eigenvalue weighted by Crippen LogP contribution is -2.17. The highest BCUT2D eigenvalue weighted by molar-refractivity contribution is 7.98. The topological polar surface area (TPSA) is 116 Å². The first-order valence-electron chi connectivity index (χ1n) is 8.56. The summed E-state index contributed by atoms with van der Waals surface area (Å²) in [5.41, 5.74) is 0.465. The summed E-state index contributed by atoms with van der Waals surface area (Å²) < 4.78 is 7.35. The minimum Gasteiger partial charge on any atom is -0.376 e.